The lowest BCUT2D eigenvalue weighted by molar-refractivity contribution is -0.130. The molecule has 4 rings (SSSR count). The summed E-state index contributed by atoms with van der Waals surface area (Å²) in [6.45, 7) is 4.48. The molecule has 0 aliphatic carbocycles. The fourth-order valence-electron chi connectivity index (χ4n) is 3.23. The third-order valence-corrected chi connectivity index (χ3v) is 5.70. The van der Waals surface area contributed by atoms with Gasteiger partial charge < -0.3 is 9.32 Å². The van der Waals surface area contributed by atoms with Gasteiger partial charge in [0.15, 0.2) is 16.6 Å². The van der Waals surface area contributed by atoms with Crippen molar-refractivity contribution in [3.63, 3.8) is 0 Å². The summed E-state index contributed by atoms with van der Waals surface area (Å²) in [5.74, 6) is 0.402. The van der Waals surface area contributed by atoms with Crippen molar-refractivity contribution >= 4 is 22.2 Å². The summed E-state index contributed by atoms with van der Waals surface area (Å²) in [5, 5.41) is 0. The van der Waals surface area contributed by atoms with Gasteiger partial charge in [-0.15, -0.1) is 11.3 Å². The van der Waals surface area contributed by atoms with Gasteiger partial charge in [0.05, 0.1) is 29.7 Å². The molecule has 0 saturated heterocycles. The molecule has 150 valence electrons. The van der Waals surface area contributed by atoms with Crippen LogP contribution in [0.25, 0.3) is 16.3 Å². The highest BCUT2D eigenvalue weighted by Gasteiger charge is 2.17. The van der Waals surface area contributed by atoms with E-state index < -0.39 is 0 Å². The van der Waals surface area contributed by atoms with Crippen LogP contribution in [0.15, 0.2) is 41.1 Å². The number of rotatable bonds is 6. The molecule has 0 N–H and O–H groups in total. The van der Waals surface area contributed by atoms with Crippen LogP contribution in [0, 0.1) is 19.7 Å². The molecular weight excluding hydrogens is 391 g/mol. The van der Waals surface area contributed by atoms with Crippen molar-refractivity contribution in [2.24, 2.45) is 0 Å². The molecule has 0 radical (unpaired) electrons. The third kappa shape index (κ3) is 3.93. The maximum Gasteiger partial charge on any atom is 0.223 e. The lowest BCUT2D eigenvalue weighted by Crippen LogP contribution is -2.27. The Hall–Kier alpha value is -3.00. The number of oxazole rings is 1. The standard InChI is InChI=1S/C21H21FN4O2S/c1-13-11-26-17(14(2)24-21(26)29-13)12-25(3)20(27)9-8-19-23-10-18(28-19)15-6-4-5-7-16(15)22/h4-7,10-11H,8-9,12H2,1-3H3. The number of carbonyl (C=O) groups excluding carboxylic acids is 1. The van der Waals surface area contributed by atoms with E-state index >= 15 is 0 Å². The van der Waals surface area contributed by atoms with Crippen LogP contribution in [-0.4, -0.2) is 32.2 Å². The van der Waals surface area contributed by atoms with Crippen LogP contribution in [-0.2, 0) is 17.8 Å². The van der Waals surface area contributed by atoms with Crippen LogP contribution < -0.4 is 0 Å². The highest BCUT2D eigenvalue weighted by molar-refractivity contribution is 7.17. The van der Waals surface area contributed by atoms with Crippen LogP contribution in [0.3, 0.4) is 0 Å². The third-order valence-electron chi connectivity index (χ3n) is 4.80. The van der Waals surface area contributed by atoms with Crippen LogP contribution in [0.2, 0.25) is 0 Å². The minimum atomic E-state index is -0.364. The molecule has 8 heteroatoms. The van der Waals surface area contributed by atoms with Crippen LogP contribution in [0.1, 0.15) is 28.6 Å². The molecule has 0 saturated carbocycles. The minimum Gasteiger partial charge on any atom is -0.441 e. The van der Waals surface area contributed by atoms with E-state index in [9.17, 15) is 9.18 Å². The Morgan fingerprint density at radius 2 is 2.10 bits per heavy atom. The molecule has 4 aromatic rings. The van der Waals surface area contributed by atoms with Crippen molar-refractivity contribution in [2.45, 2.75) is 33.2 Å². The van der Waals surface area contributed by atoms with Crippen molar-refractivity contribution in [2.75, 3.05) is 7.05 Å². The predicted molar refractivity (Wildman–Crippen MR) is 109 cm³/mol. The highest BCUT2D eigenvalue weighted by atomic mass is 32.1. The molecule has 3 aromatic heterocycles. The first kappa shape index (κ1) is 19.3. The Morgan fingerprint density at radius 3 is 2.90 bits per heavy atom. The summed E-state index contributed by atoms with van der Waals surface area (Å²) in [6.07, 6.45) is 4.16. The van der Waals surface area contributed by atoms with E-state index in [4.69, 9.17) is 4.42 Å². The average molecular weight is 412 g/mol. The fourth-order valence-corrected chi connectivity index (χ4v) is 4.12. The largest absolute Gasteiger partial charge is 0.441 e. The molecule has 0 spiro atoms. The van der Waals surface area contributed by atoms with E-state index in [1.54, 1.807) is 41.5 Å². The lowest BCUT2D eigenvalue weighted by Gasteiger charge is -2.17. The average Bonchev–Trinajstić information content (AvgIpc) is 3.36. The number of carbonyl (C=O) groups is 1. The fraction of sp³-hybridized carbons (Fsp3) is 0.286. The van der Waals surface area contributed by atoms with Crippen molar-refractivity contribution < 1.29 is 13.6 Å². The number of hydrogen-bond acceptors (Lipinski definition) is 5. The summed E-state index contributed by atoms with van der Waals surface area (Å²) >= 11 is 1.63. The van der Waals surface area contributed by atoms with Gasteiger partial charge in [0.1, 0.15) is 5.82 Å². The lowest BCUT2D eigenvalue weighted by atomic mass is 10.2. The number of aromatic nitrogens is 3. The first-order chi connectivity index (χ1) is 13.9. The zero-order valence-corrected chi connectivity index (χ0v) is 17.3. The Balaban J connectivity index is 1.39. The first-order valence-corrected chi connectivity index (χ1v) is 10.1. The summed E-state index contributed by atoms with van der Waals surface area (Å²) in [6, 6.07) is 6.38. The van der Waals surface area contributed by atoms with E-state index in [-0.39, 0.29) is 18.1 Å². The van der Waals surface area contributed by atoms with Crippen LogP contribution in [0.4, 0.5) is 4.39 Å². The smallest absolute Gasteiger partial charge is 0.223 e. The van der Waals surface area contributed by atoms with Crippen LogP contribution in [0.5, 0.6) is 0 Å². The predicted octanol–water partition coefficient (Wildman–Crippen LogP) is 4.40. The molecule has 0 unspecified atom stereocenters. The second-order valence-electron chi connectivity index (χ2n) is 6.99. The molecule has 3 heterocycles. The summed E-state index contributed by atoms with van der Waals surface area (Å²) in [7, 11) is 1.78. The van der Waals surface area contributed by atoms with Crippen molar-refractivity contribution in [1.82, 2.24) is 19.3 Å². The molecule has 0 bridgehead atoms. The first-order valence-electron chi connectivity index (χ1n) is 9.30. The van der Waals surface area contributed by atoms with Crippen molar-refractivity contribution in [3.05, 3.63) is 64.6 Å². The highest BCUT2D eigenvalue weighted by Crippen LogP contribution is 2.24. The van der Waals surface area contributed by atoms with Crippen molar-refractivity contribution in [3.8, 4) is 11.3 Å². The Labute approximate surface area is 171 Å². The van der Waals surface area contributed by atoms with Gasteiger partial charge in [0.2, 0.25) is 5.91 Å². The molecule has 1 amide bonds. The number of thiazole rings is 1. The van der Waals surface area contributed by atoms with Gasteiger partial charge in [-0.05, 0) is 26.0 Å². The zero-order valence-electron chi connectivity index (χ0n) is 16.5. The van der Waals surface area contributed by atoms with E-state index in [2.05, 4.69) is 9.97 Å². The van der Waals surface area contributed by atoms with E-state index in [0.717, 1.165) is 16.3 Å². The number of halogens is 1. The van der Waals surface area contributed by atoms with Gasteiger partial charge in [0.25, 0.3) is 0 Å². The zero-order chi connectivity index (χ0) is 20.5. The maximum absolute atomic E-state index is 13.9. The number of imidazole rings is 1. The molecule has 0 aliphatic rings. The molecule has 0 fully saturated rings. The Morgan fingerprint density at radius 1 is 1.31 bits per heavy atom. The Bertz CT molecular complexity index is 1180. The van der Waals surface area contributed by atoms with Gasteiger partial charge >= 0.3 is 0 Å². The molecular formula is C21H21FN4O2S. The van der Waals surface area contributed by atoms with E-state index in [1.165, 1.54) is 17.1 Å². The number of nitrogens with zero attached hydrogens (tertiary/aromatic N) is 4. The summed E-state index contributed by atoms with van der Waals surface area (Å²) < 4.78 is 21.6. The quantitative estimate of drug-likeness (QED) is 0.471. The second-order valence-corrected chi connectivity index (χ2v) is 8.20. The summed E-state index contributed by atoms with van der Waals surface area (Å²) in [4.78, 5) is 25.1. The number of aryl methyl sites for hydroxylation is 3. The van der Waals surface area contributed by atoms with Gasteiger partial charge in [-0.2, -0.15) is 0 Å². The molecule has 29 heavy (non-hydrogen) atoms. The van der Waals surface area contributed by atoms with Gasteiger partial charge in [0, 0.05) is 31.0 Å². The van der Waals surface area contributed by atoms with Crippen molar-refractivity contribution in [1.29, 1.82) is 0 Å². The maximum atomic E-state index is 13.9. The molecule has 0 atom stereocenters. The molecule has 1 aromatic carbocycles. The van der Waals surface area contributed by atoms with Gasteiger partial charge in [-0.1, -0.05) is 12.1 Å². The minimum absolute atomic E-state index is 0.0167. The normalized spacial score (nSPS) is 11.3. The molecule has 6 nitrogen and oxygen atoms in total. The van der Waals surface area contributed by atoms with E-state index in [0.29, 0.717) is 30.2 Å². The number of amides is 1. The van der Waals surface area contributed by atoms with Crippen LogP contribution >= 0.6 is 11.3 Å². The summed E-state index contributed by atoms with van der Waals surface area (Å²) in [5.41, 5.74) is 2.30. The number of fused-ring (bicyclic) bond motifs is 1. The Kier molecular flexibility index (Phi) is 5.19. The topological polar surface area (TPSA) is 63.6 Å². The SMILES string of the molecule is Cc1cn2c(CN(C)C(=O)CCc3ncc(-c4ccccc4F)o3)c(C)nc2s1. The number of benzene rings is 1. The number of hydrogen-bond donors (Lipinski definition) is 0. The van der Waals surface area contributed by atoms with E-state index in [1.807, 2.05) is 24.4 Å². The molecule has 0 aliphatic heterocycles. The monoisotopic (exact) mass is 412 g/mol. The van der Waals surface area contributed by atoms with Gasteiger partial charge in [-0.25, -0.2) is 14.4 Å². The second kappa shape index (κ2) is 7.79. The van der Waals surface area contributed by atoms with Gasteiger partial charge in [-0.3, -0.25) is 9.20 Å².